The van der Waals surface area contributed by atoms with Gasteiger partial charge < -0.3 is 29.7 Å². The molecule has 4 rings (SSSR count). The number of nitrogens with zero attached hydrogens (tertiary/aromatic N) is 2. The first-order valence-electron chi connectivity index (χ1n) is 15.6. The van der Waals surface area contributed by atoms with Gasteiger partial charge in [-0.05, 0) is 58.4 Å². The summed E-state index contributed by atoms with van der Waals surface area (Å²) in [6.07, 6.45) is 5.49. The Kier molecular flexibility index (Phi) is 10.7. The molecule has 3 aliphatic rings. The Bertz CT molecular complexity index is 1230. The molecule has 3 amide bonds. The number of likely N-dealkylation sites (tertiary alicyclic amines) is 1. The lowest BCUT2D eigenvalue weighted by Crippen LogP contribution is -2.60. The lowest BCUT2D eigenvalue weighted by Gasteiger charge is -2.42. The molecule has 6 atom stereocenters. The maximum atomic E-state index is 14.4. The fourth-order valence-electron chi connectivity index (χ4n) is 6.98. The van der Waals surface area contributed by atoms with E-state index in [1.165, 1.54) is 0 Å². The second-order valence-electron chi connectivity index (χ2n) is 12.9. The quantitative estimate of drug-likeness (QED) is 0.178. The molecule has 0 aliphatic carbocycles. The molecule has 3 fully saturated rings. The standard InChI is InChI=1S/C34H47N3O7/c1-6-8-16-26(39)43-22-24(23-14-10-9-11-15-23)35-30(40)27-25-17-18-34(44-25)28(27)31(41)36(20-12-13-21-38)29(34)32(42)37(19-7-2)33(3,4)5/h6-7,9-11,14-15,24-25,27-29,38H,1-2,8,12-13,16-22H2,3-5H3,(H,35,40)/t24-,25+,27-,28-,29+,34-/m0/s1. The van der Waals surface area contributed by atoms with Crippen LogP contribution in [0, 0.1) is 11.8 Å². The predicted molar refractivity (Wildman–Crippen MR) is 165 cm³/mol. The predicted octanol–water partition coefficient (Wildman–Crippen LogP) is 3.31. The summed E-state index contributed by atoms with van der Waals surface area (Å²) in [6.45, 7) is 13.8. The van der Waals surface area contributed by atoms with Gasteiger partial charge in [0, 0.05) is 31.7 Å². The second-order valence-corrected chi connectivity index (χ2v) is 12.9. The molecule has 1 aromatic rings. The number of benzene rings is 1. The van der Waals surface area contributed by atoms with Gasteiger partial charge in [0.05, 0.1) is 24.0 Å². The minimum Gasteiger partial charge on any atom is -0.463 e. The molecular formula is C34H47N3O7. The number of esters is 1. The van der Waals surface area contributed by atoms with Crippen molar-refractivity contribution in [1.82, 2.24) is 15.1 Å². The van der Waals surface area contributed by atoms with Gasteiger partial charge in [-0.1, -0.05) is 42.5 Å². The van der Waals surface area contributed by atoms with E-state index in [0.717, 1.165) is 5.56 Å². The third-order valence-corrected chi connectivity index (χ3v) is 9.01. The highest BCUT2D eigenvalue weighted by Crippen LogP contribution is 2.58. The highest BCUT2D eigenvalue weighted by atomic mass is 16.5. The van der Waals surface area contributed by atoms with Crippen molar-refractivity contribution in [1.29, 1.82) is 0 Å². The number of unbranched alkanes of at least 4 members (excludes halogenated alkanes) is 1. The Labute approximate surface area is 260 Å². The molecule has 44 heavy (non-hydrogen) atoms. The number of nitrogens with one attached hydrogen (secondary N) is 1. The first-order chi connectivity index (χ1) is 21.0. The Morgan fingerprint density at radius 3 is 2.57 bits per heavy atom. The average molecular weight is 610 g/mol. The van der Waals surface area contributed by atoms with Crippen LogP contribution in [0.2, 0.25) is 0 Å². The molecule has 1 aromatic carbocycles. The van der Waals surface area contributed by atoms with Gasteiger partial charge in [0.25, 0.3) is 0 Å². The number of carbonyl (C=O) groups excluding carboxylic acids is 4. The van der Waals surface area contributed by atoms with Crippen molar-refractivity contribution >= 4 is 23.7 Å². The molecule has 0 aromatic heterocycles. The van der Waals surface area contributed by atoms with E-state index < -0.39 is 47.1 Å². The average Bonchev–Trinajstić information content (AvgIpc) is 3.64. The summed E-state index contributed by atoms with van der Waals surface area (Å²) in [5, 5.41) is 12.5. The summed E-state index contributed by atoms with van der Waals surface area (Å²) in [7, 11) is 0. The van der Waals surface area contributed by atoms with Gasteiger partial charge >= 0.3 is 5.97 Å². The molecule has 3 heterocycles. The highest BCUT2D eigenvalue weighted by molar-refractivity contribution is 5.99. The van der Waals surface area contributed by atoms with Crippen LogP contribution in [0.1, 0.15) is 70.9 Å². The number of ether oxygens (including phenoxy) is 2. The molecular weight excluding hydrogens is 562 g/mol. The van der Waals surface area contributed by atoms with Gasteiger partial charge in [-0.25, -0.2) is 0 Å². The fraction of sp³-hybridized carbons (Fsp3) is 0.588. The molecule has 0 unspecified atom stereocenters. The van der Waals surface area contributed by atoms with Crippen molar-refractivity contribution in [3.05, 3.63) is 61.2 Å². The van der Waals surface area contributed by atoms with Gasteiger partial charge in [0.2, 0.25) is 17.7 Å². The molecule has 0 saturated carbocycles. The zero-order valence-corrected chi connectivity index (χ0v) is 26.2. The molecule has 3 aliphatic heterocycles. The van der Waals surface area contributed by atoms with Crippen molar-refractivity contribution in [2.75, 3.05) is 26.3 Å². The van der Waals surface area contributed by atoms with Crippen LogP contribution in [0.25, 0.3) is 0 Å². The van der Waals surface area contributed by atoms with Gasteiger partial charge in [0.15, 0.2) is 0 Å². The highest BCUT2D eigenvalue weighted by Gasteiger charge is 2.74. The lowest BCUT2D eigenvalue weighted by atomic mass is 9.70. The topological polar surface area (TPSA) is 125 Å². The zero-order chi connectivity index (χ0) is 32.1. The molecule has 240 valence electrons. The van der Waals surface area contributed by atoms with E-state index in [1.807, 2.05) is 51.1 Å². The summed E-state index contributed by atoms with van der Waals surface area (Å²) in [5.41, 5.74) is -0.915. The third-order valence-electron chi connectivity index (χ3n) is 9.01. The third kappa shape index (κ3) is 6.61. The number of allylic oxidation sites excluding steroid dienone is 1. The Balaban J connectivity index is 1.64. The molecule has 10 heteroatoms. The van der Waals surface area contributed by atoms with Crippen LogP contribution in [0.15, 0.2) is 55.6 Å². The normalized spacial score (nSPS) is 26.2. The van der Waals surface area contributed by atoms with E-state index in [1.54, 1.807) is 22.0 Å². The van der Waals surface area contributed by atoms with Crippen LogP contribution in [0.4, 0.5) is 0 Å². The van der Waals surface area contributed by atoms with Crippen molar-refractivity contribution in [2.45, 2.75) is 88.6 Å². The van der Waals surface area contributed by atoms with Crippen molar-refractivity contribution in [3.8, 4) is 0 Å². The number of aliphatic hydroxyl groups is 1. The minimum atomic E-state index is -1.13. The Morgan fingerprint density at radius 2 is 1.93 bits per heavy atom. The largest absolute Gasteiger partial charge is 0.463 e. The molecule has 3 saturated heterocycles. The van der Waals surface area contributed by atoms with Crippen LogP contribution >= 0.6 is 0 Å². The number of fused-ring (bicyclic) bond motifs is 1. The number of rotatable bonds is 15. The Hall–Kier alpha value is -3.50. The van der Waals surface area contributed by atoms with E-state index in [4.69, 9.17) is 9.47 Å². The monoisotopic (exact) mass is 609 g/mol. The number of aliphatic hydroxyl groups excluding tert-OH is 1. The van der Waals surface area contributed by atoms with Gasteiger partial charge in [-0.15, -0.1) is 13.2 Å². The van der Waals surface area contributed by atoms with Crippen molar-refractivity contribution in [3.63, 3.8) is 0 Å². The summed E-state index contributed by atoms with van der Waals surface area (Å²) in [5.74, 6) is -2.90. The van der Waals surface area contributed by atoms with Gasteiger partial charge in [-0.2, -0.15) is 0 Å². The van der Waals surface area contributed by atoms with E-state index in [2.05, 4.69) is 18.5 Å². The molecule has 2 bridgehead atoms. The fourth-order valence-corrected chi connectivity index (χ4v) is 6.98. The van der Waals surface area contributed by atoms with Crippen LogP contribution in [0.5, 0.6) is 0 Å². The van der Waals surface area contributed by atoms with Crippen LogP contribution in [0.3, 0.4) is 0 Å². The second kappa shape index (κ2) is 14.1. The Morgan fingerprint density at radius 1 is 1.20 bits per heavy atom. The smallest absolute Gasteiger partial charge is 0.306 e. The van der Waals surface area contributed by atoms with E-state index in [9.17, 15) is 24.3 Å². The van der Waals surface area contributed by atoms with Crippen LogP contribution in [-0.2, 0) is 28.7 Å². The summed E-state index contributed by atoms with van der Waals surface area (Å²) < 4.78 is 12.1. The van der Waals surface area contributed by atoms with Crippen LogP contribution < -0.4 is 5.32 Å². The number of hydrogen-bond acceptors (Lipinski definition) is 7. The summed E-state index contributed by atoms with van der Waals surface area (Å²) in [6, 6.07) is 7.71. The lowest BCUT2D eigenvalue weighted by molar-refractivity contribution is -0.151. The van der Waals surface area contributed by atoms with Gasteiger partial charge in [-0.3, -0.25) is 19.2 Å². The minimum absolute atomic E-state index is 0.0254. The maximum absolute atomic E-state index is 14.4. The molecule has 1 spiro atoms. The maximum Gasteiger partial charge on any atom is 0.306 e. The first-order valence-corrected chi connectivity index (χ1v) is 15.6. The number of amides is 3. The molecule has 10 nitrogen and oxygen atoms in total. The summed E-state index contributed by atoms with van der Waals surface area (Å²) >= 11 is 0. The van der Waals surface area contributed by atoms with Crippen LogP contribution in [-0.4, -0.2) is 88.2 Å². The van der Waals surface area contributed by atoms with Crippen molar-refractivity contribution < 1.29 is 33.8 Å². The molecule has 0 radical (unpaired) electrons. The SMILES string of the molecule is C=CCCC(=O)OC[C@H](NC(=O)[C@@H]1[C@H]2C(=O)N(CCCCO)[C@H](C(=O)N(CC=C)C(C)(C)C)[C@]23CC[C@H]1O3)c1ccccc1. The van der Waals surface area contributed by atoms with E-state index in [0.29, 0.717) is 38.6 Å². The summed E-state index contributed by atoms with van der Waals surface area (Å²) in [4.78, 5) is 58.3. The van der Waals surface area contributed by atoms with E-state index in [-0.39, 0.29) is 43.9 Å². The van der Waals surface area contributed by atoms with E-state index >= 15 is 0 Å². The van der Waals surface area contributed by atoms with Crippen molar-refractivity contribution in [2.24, 2.45) is 11.8 Å². The van der Waals surface area contributed by atoms with Gasteiger partial charge in [0.1, 0.15) is 18.2 Å². The number of carbonyl (C=O) groups is 4. The number of hydrogen-bond donors (Lipinski definition) is 2. The zero-order valence-electron chi connectivity index (χ0n) is 26.2. The molecule has 2 N–H and O–H groups in total. The first kappa shape index (κ1) is 33.4.